The summed E-state index contributed by atoms with van der Waals surface area (Å²) in [5.41, 5.74) is -0.0836. The lowest BCUT2D eigenvalue weighted by molar-refractivity contribution is -0.134. The predicted octanol–water partition coefficient (Wildman–Crippen LogP) is 3.53. The molecule has 30 heavy (non-hydrogen) atoms. The largest absolute Gasteiger partial charge is 0.490 e. The minimum absolute atomic E-state index is 0.0396. The van der Waals surface area contributed by atoms with E-state index >= 15 is 0 Å². The van der Waals surface area contributed by atoms with Gasteiger partial charge in [-0.15, -0.1) is 0 Å². The van der Waals surface area contributed by atoms with Crippen LogP contribution in [0, 0.1) is 5.92 Å². The third-order valence-corrected chi connectivity index (χ3v) is 5.88. The van der Waals surface area contributed by atoms with Crippen molar-refractivity contribution in [1.82, 2.24) is 10.2 Å². The SMILES string of the molecule is C[C@H](CCCC(C)(C)O)NC(=O)c1cccc(OC2CCN(C(=O)C3CC3)CC2)c1. The summed E-state index contributed by atoms with van der Waals surface area (Å²) in [5.74, 6) is 1.17. The van der Waals surface area contributed by atoms with Gasteiger partial charge in [0.1, 0.15) is 11.9 Å². The molecule has 1 saturated heterocycles. The van der Waals surface area contributed by atoms with E-state index in [0.717, 1.165) is 51.6 Å². The molecule has 0 spiro atoms. The fourth-order valence-electron chi connectivity index (χ4n) is 3.91. The van der Waals surface area contributed by atoms with E-state index in [1.807, 2.05) is 24.0 Å². The number of aliphatic hydroxyl groups is 1. The topological polar surface area (TPSA) is 78.9 Å². The fourth-order valence-corrected chi connectivity index (χ4v) is 3.91. The molecule has 1 aromatic rings. The van der Waals surface area contributed by atoms with Gasteiger partial charge in [-0.1, -0.05) is 6.07 Å². The number of rotatable bonds is 9. The van der Waals surface area contributed by atoms with Crippen LogP contribution in [-0.2, 0) is 4.79 Å². The van der Waals surface area contributed by atoms with E-state index in [0.29, 0.717) is 23.6 Å². The standard InChI is InChI=1S/C24H36N2O4/c1-17(6-5-13-24(2,3)29)25-22(27)19-7-4-8-21(16-19)30-20-11-14-26(15-12-20)23(28)18-9-10-18/h4,7-8,16-18,20,29H,5-6,9-15H2,1-3H3,(H,25,27)/t17-/m1/s1. The van der Waals surface area contributed by atoms with Crippen LogP contribution in [0.2, 0.25) is 0 Å². The van der Waals surface area contributed by atoms with Gasteiger partial charge in [-0.2, -0.15) is 0 Å². The Hall–Kier alpha value is -2.08. The number of carbonyl (C=O) groups excluding carboxylic acids is 2. The van der Waals surface area contributed by atoms with Gasteiger partial charge in [-0.05, 0) is 71.1 Å². The summed E-state index contributed by atoms with van der Waals surface area (Å²) in [6.07, 6.45) is 6.21. The van der Waals surface area contributed by atoms with Crippen LogP contribution in [0.1, 0.15) is 76.1 Å². The Morgan fingerprint density at radius 3 is 2.57 bits per heavy atom. The summed E-state index contributed by atoms with van der Waals surface area (Å²) in [4.78, 5) is 26.7. The number of amides is 2. The van der Waals surface area contributed by atoms with Crippen molar-refractivity contribution in [2.24, 2.45) is 5.92 Å². The molecule has 0 bridgehead atoms. The van der Waals surface area contributed by atoms with E-state index in [9.17, 15) is 14.7 Å². The van der Waals surface area contributed by atoms with Gasteiger partial charge in [-0.25, -0.2) is 0 Å². The lowest BCUT2D eigenvalue weighted by Gasteiger charge is -2.32. The molecule has 1 aliphatic carbocycles. The molecule has 2 aliphatic rings. The first kappa shape index (κ1) is 22.6. The number of nitrogens with zero attached hydrogens (tertiary/aromatic N) is 1. The fraction of sp³-hybridized carbons (Fsp3) is 0.667. The molecule has 3 rings (SSSR count). The van der Waals surface area contributed by atoms with Gasteiger partial charge in [0.15, 0.2) is 0 Å². The quantitative estimate of drug-likeness (QED) is 0.646. The number of carbonyl (C=O) groups is 2. The highest BCUT2D eigenvalue weighted by Gasteiger charge is 2.35. The Labute approximate surface area is 180 Å². The highest BCUT2D eigenvalue weighted by Crippen LogP contribution is 2.32. The monoisotopic (exact) mass is 416 g/mol. The van der Waals surface area contributed by atoms with Gasteiger partial charge in [0.2, 0.25) is 5.91 Å². The Morgan fingerprint density at radius 2 is 1.93 bits per heavy atom. The average molecular weight is 417 g/mol. The highest BCUT2D eigenvalue weighted by molar-refractivity contribution is 5.94. The number of hydrogen-bond donors (Lipinski definition) is 2. The maximum atomic E-state index is 12.6. The van der Waals surface area contributed by atoms with Crippen molar-refractivity contribution >= 4 is 11.8 Å². The number of hydrogen-bond acceptors (Lipinski definition) is 4. The summed E-state index contributed by atoms with van der Waals surface area (Å²) in [5, 5.41) is 12.8. The third kappa shape index (κ3) is 7.01. The molecule has 6 nitrogen and oxygen atoms in total. The van der Waals surface area contributed by atoms with Crippen molar-refractivity contribution in [1.29, 1.82) is 0 Å². The lowest BCUT2D eigenvalue weighted by Crippen LogP contribution is -2.42. The van der Waals surface area contributed by atoms with E-state index in [2.05, 4.69) is 5.32 Å². The number of nitrogens with one attached hydrogen (secondary N) is 1. The van der Waals surface area contributed by atoms with Gasteiger partial charge < -0.3 is 20.1 Å². The molecular formula is C24H36N2O4. The summed E-state index contributed by atoms with van der Waals surface area (Å²) >= 11 is 0. The molecule has 1 heterocycles. The first-order valence-corrected chi connectivity index (χ1v) is 11.3. The van der Waals surface area contributed by atoms with Crippen LogP contribution in [0.5, 0.6) is 5.75 Å². The molecule has 1 saturated carbocycles. The molecule has 1 atom stereocenters. The first-order valence-electron chi connectivity index (χ1n) is 11.3. The van der Waals surface area contributed by atoms with Crippen molar-refractivity contribution in [3.63, 3.8) is 0 Å². The molecular weight excluding hydrogens is 380 g/mol. The Kier molecular flexibility index (Phi) is 7.40. The number of piperidine rings is 1. The molecule has 2 fully saturated rings. The molecule has 2 N–H and O–H groups in total. The number of ether oxygens (including phenoxy) is 1. The highest BCUT2D eigenvalue weighted by atomic mass is 16.5. The number of benzene rings is 1. The second-order valence-electron chi connectivity index (χ2n) is 9.52. The summed E-state index contributed by atoms with van der Waals surface area (Å²) in [7, 11) is 0. The molecule has 0 unspecified atom stereocenters. The van der Waals surface area contributed by atoms with Crippen molar-refractivity contribution in [3.05, 3.63) is 29.8 Å². The van der Waals surface area contributed by atoms with Crippen molar-refractivity contribution < 1.29 is 19.4 Å². The van der Waals surface area contributed by atoms with Crippen LogP contribution >= 0.6 is 0 Å². The van der Waals surface area contributed by atoms with Gasteiger partial charge in [0, 0.05) is 43.5 Å². The molecule has 6 heteroatoms. The maximum Gasteiger partial charge on any atom is 0.251 e. The molecule has 0 aromatic heterocycles. The third-order valence-electron chi connectivity index (χ3n) is 5.88. The minimum Gasteiger partial charge on any atom is -0.490 e. The van der Waals surface area contributed by atoms with Crippen LogP contribution in [0.15, 0.2) is 24.3 Å². The summed E-state index contributed by atoms with van der Waals surface area (Å²) in [6.45, 7) is 7.09. The molecule has 1 aliphatic heterocycles. The van der Waals surface area contributed by atoms with Gasteiger partial charge in [0.05, 0.1) is 5.60 Å². The molecule has 166 valence electrons. The van der Waals surface area contributed by atoms with E-state index in [1.165, 1.54) is 0 Å². The smallest absolute Gasteiger partial charge is 0.251 e. The van der Waals surface area contributed by atoms with Gasteiger partial charge in [-0.3, -0.25) is 9.59 Å². The Bertz CT molecular complexity index is 731. The van der Waals surface area contributed by atoms with Crippen LogP contribution in [-0.4, -0.2) is 52.7 Å². The maximum absolute atomic E-state index is 12.6. The second kappa shape index (κ2) is 9.82. The molecule has 0 radical (unpaired) electrons. The van der Waals surface area contributed by atoms with Gasteiger partial charge in [0.25, 0.3) is 5.91 Å². The Morgan fingerprint density at radius 1 is 1.23 bits per heavy atom. The van der Waals surface area contributed by atoms with Gasteiger partial charge >= 0.3 is 0 Å². The van der Waals surface area contributed by atoms with Crippen molar-refractivity contribution in [2.45, 2.75) is 83.5 Å². The molecule has 1 aromatic carbocycles. The van der Waals surface area contributed by atoms with E-state index in [1.54, 1.807) is 26.0 Å². The van der Waals surface area contributed by atoms with Crippen molar-refractivity contribution in [3.8, 4) is 5.75 Å². The summed E-state index contributed by atoms with van der Waals surface area (Å²) < 4.78 is 6.11. The summed E-state index contributed by atoms with van der Waals surface area (Å²) in [6, 6.07) is 7.35. The van der Waals surface area contributed by atoms with Crippen molar-refractivity contribution in [2.75, 3.05) is 13.1 Å². The van der Waals surface area contributed by atoms with E-state index in [4.69, 9.17) is 4.74 Å². The predicted molar refractivity (Wildman–Crippen MR) is 116 cm³/mol. The first-order chi connectivity index (χ1) is 14.2. The normalized spacial score (nSPS) is 18.7. The molecule has 2 amide bonds. The Balaban J connectivity index is 1.45. The van der Waals surface area contributed by atoms with Crippen LogP contribution in [0.25, 0.3) is 0 Å². The van der Waals surface area contributed by atoms with Crippen LogP contribution < -0.4 is 10.1 Å². The van der Waals surface area contributed by atoms with Crippen LogP contribution in [0.4, 0.5) is 0 Å². The zero-order valence-electron chi connectivity index (χ0n) is 18.5. The average Bonchev–Trinajstić information content (AvgIpc) is 3.52. The number of likely N-dealkylation sites (tertiary alicyclic amines) is 1. The minimum atomic E-state index is -0.670. The zero-order chi connectivity index (χ0) is 21.7. The van der Waals surface area contributed by atoms with E-state index < -0.39 is 5.60 Å². The zero-order valence-corrected chi connectivity index (χ0v) is 18.5. The second-order valence-corrected chi connectivity index (χ2v) is 9.52. The van der Waals surface area contributed by atoms with Crippen LogP contribution in [0.3, 0.4) is 0 Å². The van der Waals surface area contributed by atoms with E-state index in [-0.39, 0.29) is 24.0 Å². The lowest BCUT2D eigenvalue weighted by atomic mass is 9.99.